The molecule has 4 N–H and O–H groups in total. The van der Waals surface area contributed by atoms with Gasteiger partial charge in [0.15, 0.2) is 0 Å². The number of carboxylic acids is 2. The average Bonchev–Trinajstić information content (AvgIpc) is 3.21. The van der Waals surface area contributed by atoms with Crippen LogP contribution >= 0.6 is 0 Å². The Kier molecular flexibility index (Phi) is 4.64. The molecule has 0 fully saturated rings. The maximum absolute atomic E-state index is 13.0. The second-order valence-electron chi connectivity index (χ2n) is 7.85. The number of fused-ring (bicyclic) bond motifs is 2. The van der Waals surface area contributed by atoms with Gasteiger partial charge in [0.2, 0.25) is 0 Å². The lowest BCUT2D eigenvalue weighted by Crippen LogP contribution is -2.24. The molecule has 3 aromatic carbocycles. The first-order valence-corrected chi connectivity index (χ1v) is 10.1. The molecule has 0 bridgehead atoms. The maximum Gasteiger partial charge on any atom is 0.339 e. The van der Waals surface area contributed by atoms with Crippen LogP contribution in [-0.4, -0.2) is 41.5 Å². The van der Waals surface area contributed by atoms with Gasteiger partial charge in [-0.1, -0.05) is 0 Å². The van der Waals surface area contributed by atoms with Crippen molar-refractivity contribution in [3.05, 3.63) is 101 Å². The summed E-state index contributed by atoms with van der Waals surface area (Å²) in [6.45, 7) is 0. The molecule has 0 saturated carbocycles. The number of carbonyl (C=O) groups is 2. The SMILES string of the molecule is O=C(O)c1ccc(-n2c(=O)c3cc4c(=O)n(-c5ccc(C(=O)O)c(O)c5)c(=O)c4cc3c2=O)cc1O. The summed E-state index contributed by atoms with van der Waals surface area (Å²) in [5, 5.41) is 37.2. The lowest BCUT2D eigenvalue weighted by molar-refractivity contribution is 0.0682. The lowest BCUT2D eigenvalue weighted by atomic mass is 10.1. The Labute approximate surface area is 197 Å². The molecular weight excluding hydrogens is 476 g/mol. The van der Waals surface area contributed by atoms with Crippen molar-refractivity contribution in [2.45, 2.75) is 0 Å². The van der Waals surface area contributed by atoms with Gasteiger partial charge in [-0.2, -0.15) is 0 Å². The summed E-state index contributed by atoms with van der Waals surface area (Å²) < 4.78 is 1.36. The zero-order valence-electron chi connectivity index (χ0n) is 17.8. The molecule has 0 unspecified atom stereocenters. The molecule has 5 aromatic rings. The standard InChI is InChI=1S/C24H12N2O10/c27-17-5-9(1-3-11(17)23(33)34)25-19(29)13-7-15-16(8-14(13)20(25)30)22(32)26(21(15)31)10-2-4-12(24(35)36)18(28)6-10/h1-8,27-28H,(H,33,34)(H,35,36). The topological polar surface area (TPSA) is 193 Å². The molecule has 0 amide bonds. The highest BCUT2D eigenvalue weighted by atomic mass is 16.4. The van der Waals surface area contributed by atoms with Crippen molar-refractivity contribution in [1.82, 2.24) is 9.13 Å². The van der Waals surface area contributed by atoms with E-state index in [-0.39, 0.29) is 32.9 Å². The largest absolute Gasteiger partial charge is 0.507 e. The molecule has 2 heterocycles. The molecule has 0 radical (unpaired) electrons. The fraction of sp³-hybridized carbons (Fsp3) is 0. The van der Waals surface area contributed by atoms with Crippen LogP contribution in [0.2, 0.25) is 0 Å². The Morgan fingerprint density at radius 3 is 1.08 bits per heavy atom. The summed E-state index contributed by atoms with van der Waals surface area (Å²) in [5.41, 5.74) is -4.54. The summed E-state index contributed by atoms with van der Waals surface area (Å²) >= 11 is 0. The van der Waals surface area contributed by atoms with Crippen LogP contribution < -0.4 is 22.2 Å². The van der Waals surface area contributed by atoms with Crippen molar-refractivity contribution in [1.29, 1.82) is 0 Å². The molecule has 5 rings (SSSR count). The minimum atomic E-state index is -1.41. The number of aromatic carboxylic acids is 2. The number of nitrogens with zero attached hydrogens (tertiary/aromatic N) is 2. The minimum absolute atomic E-state index is 0.114. The summed E-state index contributed by atoms with van der Waals surface area (Å²) in [4.78, 5) is 74.4. The van der Waals surface area contributed by atoms with Crippen LogP contribution in [-0.2, 0) is 0 Å². The van der Waals surface area contributed by atoms with E-state index in [1.807, 2.05) is 0 Å². The summed E-state index contributed by atoms with van der Waals surface area (Å²) in [6, 6.07) is 8.39. The second kappa shape index (κ2) is 7.50. The van der Waals surface area contributed by atoms with Crippen molar-refractivity contribution < 1.29 is 30.0 Å². The molecule has 0 aliphatic rings. The van der Waals surface area contributed by atoms with Crippen molar-refractivity contribution in [2.75, 3.05) is 0 Å². The number of aromatic nitrogens is 2. The van der Waals surface area contributed by atoms with Gasteiger partial charge < -0.3 is 20.4 Å². The molecule has 2 aromatic heterocycles. The molecule has 0 aliphatic carbocycles. The number of phenols is 2. The Morgan fingerprint density at radius 2 is 0.833 bits per heavy atom. The molecule has 36 heavy (non-hydrogen) atoms. The third kappa shape index (κ3) is 3.01. The monoisotopic (exact) mass is 488 g/mol. The molecule has 12 nitrogen and oxygen atoms in total. The number of benzene rings is 3. The van der Waals surface area contributed by atoms with E-state index in [0.717, 1.165) is 48.5 Å². The number of hydrogen-bond donors (Lipinski definition) is 4. The summed E-state index contributed by atoms with van der Waals surface area (Å²) in [5.74, 6) is -4.16. The summed E-state index contributed by atoms with van der Waals surface area (Å²) in [7, 11) is 0. The van der Waals surface area contributed by atoms with Gasteiger partial charge in [-0.15, -0.1) is 0 Å². The zero-order valence-corrected chi connectivity index (χ0v) is 17.8. The van der Waals surface area contributed by atoms with Crippen LogP contribution in [0.1, 0.15) is 20.7 Å². The highest BCUT2D eigenvalue weighted by molar-refractivity contribution is 5.98. The van der Waals surface area contributed by atoms with E-state index in [1.165, 1.54) is 0 Å². The number of rotatable bonds is 4. The first-order valence-electron chi connectivity index (χ1n) is 10.1. The Morgan fingerprint density at radius 1 is 0.528 bits per heavy atom. The van der Waals surface area contributed by atoms with E-state index in [0.29, 0.717) is 9.13 Å². The third-order valence-corrected chi connectivity index (χ3v) is 5.83. The Balaban J connectivity index is 1.75. The van der Waals surface area contributed by atoms with E-state index in [1.54, 1.807) is 0 Å². The zero-order chi connectivity index (χ0) is 26.0. The fourth-order valence-corrected chi connectivity index (χ4v) is 4.12. The lowest BCUT2D eigenvalue weighted by Gasteiger charge is -2.04. The molecule has 12 heteroatoms. The average molecular weight is 488 g/mol. The van der Waals surface area contributed by atoms with Crippen LogP contribution in [0.3, 0.4) is 0 Å². The molecule has 0 atom stereocenters. The number of hydrogen-bond acceptors (Lipinski definition) is 8. The van der Waals surface area contributed by atoms with Gasteiger partial charge in [0, 0.05) is 12.1 Å². The minimum Gasteiger partial charge on any atom is -0.507 e. The van der Waals surface area contributed by atoms with Gasteiger partial charge in [-0.3, -0.25) is 19.2 Å². The van der Waals surface area contributed by atoms with Gasteiger partial charge in [0.25, 0.3) is 22.2 Å². The van der Waals surface area contributed by atoms with E-state index in [9.17, 15) is 39.0 Å². The number of aromatic hydroxyl groups is 2. The molecule has 178 valence electrons. The predicted octanol–water partition coefficient (Wildman–Crippen LogP) is 0.698. The van der Waals surface area contributed by atoms with Crippen LogP contribution in [0.15, 0.2) is 67.7 Å². The van der Waals surface area contributed by atoms with E-state index in [2.05, 4.69) is 0 Å². The third-order valence-electron chi connectivity index (χ3n) is 5.83. The summed E-state index contributed by atoms with van der Waals surface area (Å²) in [6.07, 6.45) is 0. The second-order valence-corrected chi connectivity index (χ2v) is 7.85. The first-order chi connectivity index (χ1) is 17.0. The van der Waals surface area contributed by atoms with Gasteiger partial charge >= 0.3 is 11.9 Å². The van der Waals surface area contributed by atoms with Crippen molar-refractivity contribution in [3.63, 3.8) is 0 Å². The molecule has 0 saturated heterocycles. The highest BCUT2D eigenvalue weighted by Crippen LogP contribution is 2.23. The van der Waals surface area contributed by atoms with Gasteiger partial charge in [-0.05, 0) is 36.4 Å². The number of carboxylic acid groups (broad SMARTS) is 2. The van der Waals surface area contributed by atoms with E-state index in [4.69, 9.17) is 10.2 Å². The van der Waals surface area contributed by atoms with Crippen LogP contribution in [0.25, 0.3) is 32.9 Å². The Bertz CT molecular complexity index is 1790. The first kappa shape index (κ1) is 22.3. The smallest absolute Gasteiger partial charge is 0.339 e. The van der Waals surface area contributed by atoms with Crippen LogP contribution in [0.4, 0.5) is 0 Å². The quantitative estimate of drug-likeness (QED) is 0.280. The van der Waals surface area contributed by atoms with Crippen molar-refractivity contribution in [3.8, 4) is 22.9 Å². The molecular formula is C24H12N2O10. The molecule has 0 spiro atoms. The molecule has 0 aliphatic heterocycles. The predicted molar refractivity (Wildman–Crippen MR) is 125 cm³/mol. The van der Waals surface area contributed by atoms with Crippen molar-refractivity contribution in [2.24, 2.45) is 0 Å². The van der Waals surface area contributed by atoms with E-state index >= 15 is 0 Å². The maximum atomic E-state index is 13.0. The Hall–Kier alpha value is -5.52. The fourth-order valence-electron chi connectivity index (χ4n) is 4.12. The van der Waals surface area contributed by atoms with E-state index < -0.39 is 56.8 Å². The highest BCUT2D eigenvalue weighted by Gasteiger charge is 2.22. The van der Waals surface area contributed by atoms with Crippen molar-refractivity contribution >= 4 is 33.5 Å². The van der Waals surface area contributed by atoms with Gasteiger partial charge in [-0.25, -0.2) is 18.7 Å². The van der Waals surface area contributed by atoms with Crippen LogP contribution in [0.5, 0.6) is 11.5 Å². The van der Waals surface area contributed by atoms with Crippen LogP contribution in [0, 0.1) is 0 Å². The normalized spacial score (nSPS) is 11.3. The van der Waals surface area contributed by atoms with Gasteiger partial charge in [0.1, 0.15) is 22.6 Å². The van der Waals surface area contributed by atoms with Gasteiger partial charge in [0.05, 0.1) is 32.9 Å².